The number of nitrogens with one attached hydrogen (secondary N) is 1. The molecule has 0 aliphatic heterocycles. The van der Waals surface area contributed by atoms with Gasteiger partial charge in [-0.2, -0.15) is 0 Å². The molecule has 1 N–H and O–H groups in total. The molecule has 0 aliphatic carbocycles. The number of hydrogen-bond acceptors (Lipinski definition) is 1. The Labute approximate surface area is 137 Å². The minimum Gasteiger partial charge on any atom is -0.310 e. The Balaban J connectivity index is 2.48. The van der Waals surface area contributed by atoms with Crippen molar-refractivity contribution in [3.05, 3.63) is 34.1 Å². The zero-order chi connectivity index (χ0) is 15.5. The molecule has 1 aromatic carbocycles. The van der Waals surface area contributed by atoms with Crippen LogP contribution in [0.1, 0.15) is 76.8 Å². The van der Waals surface area contributed by atoms with Gasteiger partial charge in [-0.25, -0.2) is 4.39 Å². The molecule has 0 radical (unpaired) electrons. The number of rotatable bonds is 11. The number of hydrogen-bond donors (Lipinski definition) is 1. The van der Waals surface area contributed by atoms with Gasteiger partial charge >= 0.3 is 0 Å². The van der Waals surface area contributed by atoms with Crippen LogP contribution in [0.2, 0.25) is 0 Å². The predicted octanol–water partition coefficient (Wildman–Crippen LogP) is 6.38. The van der Waals surface area contributed by atoms with Crippen LogP contribution in [0.15, 0.2) is 22.7 Å². The lowest BCUT2D eigenvalue weighted by Crippen LogP contribution is -2.22. The average Bonchev–Trinajstić information content (AvgIpc) is 2.49. The van der Waals surface area contributed by atoms with Crippen molar-refractivity contribution in [2.75, 3.05) is 6.54 Å². The van der Waals surface area contributed by atoms with Crippen molar-refractivity contribution < 1.29 is 4.39 Å². The number of benzene rings is 1. The molecule has 21 heavy (non-hydrogen) atoms. The Morgan fingerprint density at radius 1 is 1.05 bits per heavy atom. The first-order chi connectivity index (χ1) is 10.2. The van der Waals surface area contributed by atoms with Crippen LogP contribution >= 0.6 is 15.9 Å². The average molecular weight is 358 g/mol. The van der Waals surface area contributed by atoms with Crippen LogP contribution in [0.4, 0.5) is 4.39 Å². The lowest BCUT2D eigenvalue weighted by molar-refractivity contribution is 0.465. The Kier molecular flexibility index (Phi) is 9.94. The third-order valence-electron chi connectivity index (χ3n) is 3.83. The van der Waals surface area contributed by atoms with Crippen LogP contribution in [0.5, 0.6) is 0 Å². The van der Waals surface area contributed by atoms with Crippen molar-refractivity contribution in [2.24, 2.45) is 0 Å². The summed E-state index contributed by atoms with van der Waals surface area (Å²) in [5, 5.41) is 3.59. The van der Waals surface area contributed by atoms with Gasteiger partial charge in [-0.05, 0) is 53.0 Å². The second-order valence-corrected chi connectivity index (χ2v) is 6.59. The van der Waals surface area contributed by atoms with E-state index < -0.39 is 0 Å². The first-order valence-corrected chi connectivity index (χ1v) is 9.16. The van der Waals surface area contributed by atoms with E-state index in [1.54, 1.807) is 6.07 Å². The summed E-state index contributed by atoms with van der Waals surface area (Å²) in [6.07, 6.45) is 10.1. The van der Waals surface area contributed by atoms with Crippen molar-refractivity contribution in [3.63, 3.8) is 0 Å². The lowest BCUT2D eigenvalue weighted by Gasteiger charge is -2.19. The zero-order valence-electron chi connectivity index (χ0n) is 13.4. The molecule has 0 heterocycles. The molecule has 1 aromatic rings. The van der Waals surface area contributed by atoms with Gasteiger partial charge in [0, 0.05) is 6.04 Å². The molecule has 1 nitrogen and oxygen atoms in total. The van der Waals surface area contributed by atoms with Gasteiger partial charge in [0.15, 0.2) is 0 Å². The summed E-state index contributed by atoms with van der Waals surface area (Å²) in [5.41, 5.74) is 1.19. The van der Waals surface area contributed by atoms with Crippen molar-refractivity contribution in [1.82, 2.24) is 5.32 Å². The quantitative estimate of drug-likeness (QED) is 0.453. The van der Waals surface area contributed by atoms with E-state index in [-0.39, 0.29) is 5.82 Å². The molecule has 0 spiro atoms. The molecule has 1 atom stereocenters. The first kappa shape index (κ1) is 18.6. The van der Waals surface area contributed by atoms with Crippen molar-refractivity contribution in [2.45, 2.75) is 71.3 Å². The molecule has 0 aliphatic rings. The summed E-state index contributed by atoms with van der Waals surface area (Å²) in [4.78, 5) is 0. The monoisotopic (exact) mass is 357 g/mol. The molecule has 0 amide bonds. The molecule has 120 valence electrons. The first-order valence-electron chi connectivity index (χ1n) is 8.37. The van der Waals surface area contributed by atoms with E-state index in [0.717, 1.165) is 19.4 Å². The SMILES string of the molecule is CCCCCCCCC(NCCC)c1ccc(F)c(Br)c1. The minimum atomic E-state index is -0.187. The fraction of sp³-hybridized carbons (Fsp3) is 0.667. The molecule has 0 saturated heterocycles. The van der Waals surface area contributed by atoms with E-state index in [2.05, 4.69) is 35.1 Å². The molecule has 0 saturated carbocycles. The third-order valence-corrected chi connectivity index (χ3v) is 4.44. The van der Waals surface area contributed by atoms with Crippen LogP contribution in [-0.2, 0) is 0 Å². The van der Waals surface area contributed by atoms with E-state index in [0.29, 0.717) is 10.5 Å². The Morgan fingerprint density at radius 3 is 2.43 bits per heavy atom. The van der Waals surface area contributed by atoms with Crippen LogP contribution in [0.3, 0.4) is 0 Å². The third kappa shape index (κ3) is 7.42. The summed E-state index contributed by atoms with van der Waals surface area (Å²) >= 11 is 3.29. The van der Waals surface area contributed by atoms with Crippen LogP contribution < -0.4 is 5.32 Å². The second kappa shape index (κ2) is 11.2. The van der Waals surface area contributed by atoms with Crippen LogP contribution in [0, 0.1) is 5.82 Å². The van der Waals surface area contributed by atoms with Gasteiger partial charge in [0.2, 0.25) is 0 Å². The van der Waals surface area contributed by atoms with Gasteiger partial charge in [0.25, 0.3) is 0 Å². The Hall–Kier alpha value is -0.410. The smallest absolute Gasteiger partial charge is 0.137 e. The molecule has 0 bridgehead atoms. The zero-order valence-corrected chi connectivity index (χ0v) is 15.0. The molecule has 1 unspecified atom stereocenters. The summed E-state index contributed by atoms with van der Waals surface area (Å²) in [5.74, 6) is -0.187. The van der Waals surface area contributed by atoms with Gasteiger partial charge in [-0.1, -0.05) is 58.4 Å². The van der Waals surface area contributed by atoms with E-state index in [4.69, 9.17) is 0 Å². The molecular weight excluding hydrogens is 329 g/mol. The van der Waals surface area contributed by atoms with Gasteiger partial charge in [0.1, 0.15) is 5.82 Å². The molecule has 1 rings (SSSR count). The van der Waals surface area contributed by atoms with E-state index in [1.165, 1.54) is 44.1 Å². The molecular formula is C18H29BrFN. The summed E-state index contributed by atoms with van der Waals surface area (Å²) in [6.45, 7) is 5.43. The molecule has 3 heteroatoms. The Morgan fingerprint density at radius 2 is 1.76 bits per heavy atom. The highest BCUT2D eigenvalue weighted by molar-refractivity contribution is 9.10. The fourth-order valence-corrected chi connectivity index (χ4v) is 2.96. The summed E-state index contributed by atoms with van der Waals surface area (Å²) in [6, 6.07) is 5.72. The number of unbranched alkanes of at least 4 members (excludes halogenated alkanes) is 5. The highest BCUT2D eigenvalue weighted by Crippen LogP contribution is 2.25. The lowest BCUT2D eigenvalue weighted by atomic mass is 9.99. The largest absolute Gasteiger partial charge is 0.310 e. The second-order valence-electron chi connectivity index (χ2n) is 5.74. The predicted molar refractivity (Wildman–Crippen MR) is 93.1 cm³/mol. The molecule has 0 aromatic heterocycles. The fourth-order valence-electron chi connectivity index (χ4n) is 2.56. The van der Waals surface area contributed by atoms with E-state index in [9.17, 15) is 4.39 Å². The highest BCUT2D eigenvalue weighted by atomic mass is 79.9. The van der Waals surface area contributed by atoms with Gasteiger partial charge in [-0.3, -0.25) is 0 Å². The molecule has 0 fully saturated rings. The number of halogens is 2. The van der Waals surface area contributed by atoms with Gasteiger partial charge in [-0.15, -0.1) is 0 Å². The van der Waals surface area contributed by atoms with Crippen LogP contribution in [0.25, 0.3) is 0 Å². The maximum atomic E-state index is 13.4. The van der Waals surface area contributed by atoms with Crippen molar-refractivity contribution in [1.29, 1.82) is 0 Å². The van der Waals surface area contributed by atoms with Gasteiger partial charge in [0.05, 0.1) is 4.47 Å². The maximum absolute atomic E-state index is 13.4. The normalized spacial score (nSPS) is 12.6. The van der Waals surface area contributed by atoms with E-state index in [1.807, 2.05) is 12.1 Å². The highest BCUT2D eigenvalue weighted by Gasteiger charge is 2.12. The van der Waals surface area contributed by atoms with E-state index >= 15 is 0 Å². The summed E-state index contributed by atoms with van der Waals surface area (Å²) < 4.78 is 13.9. The van der Waals surface area contributed by atoms with Crippen molar-refractivity contribution in [3.8, 4) is 0 Å². The van der Waals surface area contributed by atoms with Crippen molar-refractivity contribution >= 4 is 15.9 Å². The topological polar surface area (TPSA) is 12.0 Å². The summed E-state index contributed by atoms with van der Waals surface area (Å²) in [7, 11) is 0. The maximum Gasteiger partial charge on any atom is 0.137 e. The van der Waals surface area contributed by atoms with Crippen LogP contribution in [-0.4, -0.2) is 6.54 Å². The standard InChI is InChI=1S/C18H29BrFN/c1-3-5-6-7-8-9-10-18(21-13-4-2)15-11-12-17(20)16(19)14-15/h11-12,14,18,21H,3-10,13H2,1-2H3. The minimum absolute atomic E-state index is 0.187. The Bertz CT molecular complexity index is 395. The van der Waals surface area contributed by atoms with Gasteiger partial charge < -0.3 is 5.32 Å².